The number of hydrogen-bond donors (Lipinski definition) is 1. The molecule has 2 aromatic carbocycles. The zero-order valence-corrected chi connectivity index (χ0v) is 10.7. The molecule has 0 aromatic heterocycles. The van der Waals surface area contributed by atoms with Gasteiger partial charge in [-0.3, -0.25) is 0 Å². The highest BCUT2D eigenvalue weighted by atomic mass is 16.4. The summed E-state index contributed by atoms with van der Waals surface area (Å²) in [5.74, 6) is -0.869. The number of carboxylic acids is 1. The van der Waals surface area contributed by atoms with Gasteiger partial charge in [-0.15, -0.1) is 0 Å². The standard InChI is InChI=1S/C17H14O2/c1-2-12(17(18)19)14-8-5-9-15-13-7-4-3-6-11(13)10-16(14)15/h2-9H,10H2,1H3,(H,18,19). The molecule has 0 spiro atoms. The molecule has 0 unspecified atom stereocenters. The smallest absolute Gasteiger partial charge is 0.335 e. The van der Waals surface area contributed by atoms with E-state index in [2.05, 4.69) is 18.2 Å². The minimum Gasteiger partial charge on any atom is -0.478 e. The predicted octanol–water partition coefficient (Wildman–Crippen LogP) is 3.75. The highest BCUT2D eigenvalue weighted by Crippen LogP contribution is 2.39. The average molecular weight is 250 g/mol. The van der Waals surface area contributed by atoms with Crippen LogP contribution >= 0.6 is 0 Å². The summed E-state index contributed by atoms with van der Waals surface area (Å²) in [6.45, 7) is 1.77. The molecule has 0 saturated heterocycles. The second-order valence-corrected chi connectivity index (χ2v) is 4.67. The number of aliphatic carboxylic acids is 1. The van der Waals surface area contributed by atoms with Crippen LogP contribution in [0.25, 0.3) is 16.7 Å². The Bertz CT molecular complexity index is 696. The van der Waals surface area contributed by atoms with Crippen molar-refractivity contribution in [3.63, 3.8) is 0 Å². The zero-order chi connectivity index (χ0) is 13.4. The summed E-state index contributed by atoms with van der Waals surface area (Å²) in [6, 6.07) is 14.2. The first-order chi connectivity index (χ1) is 9.22. The van der Waals surface area contributed by atoms with Gasteiger partial charge >= 0.3 is 5.97 Å². The Labute approximate surface area is 112 Å². The molecule has 0 saturated carbocycles. The molecule has 19 heavy (non-hydrogen) atoms. The van der Waals surface area contributed by atoms with Crippen LogP contribution in [-0.2, 0) is 11.2 Å². The van der Waals surface area contributed by atoms with Crippen LogP contribution in [0.15, 0.2) is 48.5 Å². The molecule has 3 rings (SSSR count). The summed E-state index contributed by atoms with van der Waals surface area (Å²) in [6.07, 6.45) is 2.48. The minimum absolute atomic E-state index is 0.379. The van der Waals surface area contributed by atoms with E-state index in [1.165, 1.54) is 11.1 Å². The quantitative estimate of drug-likeness (QED) is 0.703. The molecule has 2 nitrogen and oxygen atoms in total. The SMILES string of the molecule is CC=C(C(=O)O)c1cccc2c1Cc1ccccc1-2. The van der Waals surface area contributed by atoms with Crippen LogP contribution in [0.3, 0.4) is 0 Å². The lowest BCUT2D eigenvalue weighted by Crippen LogP contribution is -2.02. The third-order valence-corrected chi connectivity index (χ3v) is 3.66. The van der Waals surface area contributed by atoms with Crippen molar-refractivity contribution >= 4 is 11.5 Å². The number of benzene rings is 2. The molecule has 0 aliphatic heterocycles. The lowest BCUT2D eigenvalue weighted by molar-refractivity contribution is -0.130. The molecule has 94 valence electrons. The molecule has 0 atom stereocenters. The Morgan fingerprint density at radius 3 is 2.58 bits per heavy atom. The molecule has 1 aliphatic rings. The lowest BCUT2D eigenvalue weighted by atomic mass is 9.95. The van der Waals surface area contributed by atoms with E-state index in [1.807, 2.05) is 24.3 Å². The molecular formula is C17H14O2. The monoisotopic (exact) mass is 250 g/mol. The largest absolute Gasteiger partial charge is 0.478 e. The molecule has 0 amide bonds. The van der Waals surface area contributed by atoms with Gasteiger partial charge in [0.2, 0.25) is 0 Å². The second-order valence-electron chi connectivity index (χ2n) is 4.67. The molecule has 0 heterocycles. The second kappa shape index (κ2) is 4.39. The highest BCUT2D eigenvalue weighted by molar-refractivity contribution is 6.16. The van der Waals surface area contributed by atoms with E-state index in [0.29, 0.717) is 5.57 Å². The maximum atomic E-state index is 11.3. The lowest BCUT2D eigenvalue weighted by Gasteiger charge is -2.09. The van der Waals surface area contributed by atoms with E-state index in [-0.39, 0.29) is 0 Å². The Kier molecular flexibility index (Phi) is 2.71. The van der Waals surface area contributed by atoms with Gasteiger partial charge in [0.05, 0.1) is 5.57 Å². The first-order valence-corrected chi connectivity index (χ1v) is 6.32. The van der Waals surface area contributed by atoms with E-state index in [9.17, 15) is 9.90 Å². The third kappa shape index (κ3) is 1.76. The maximum Gasteiger partial charge on any atom is 0.335 e. The predicted molar refractivity (Wildman–Crippen MR) is 76.0 cm³/mol. The van der Waals surface area contributed by atoms with Crippen molar-refractivity contribution < 1.29 is 9.90 Å². The van der Waals surface area contributed by atoms with Crippen LogP contribution in [0.1, 0.15) is 23.6 Å². The molecule has 1 aliphatic carbocycles. The topological polar surface area (TPSA) is 37.3 Å². The molecule has 0 fully saturated rings. The van der Waals surface area contributed by atoms with Gasteiger partial charge in [0.1, 0.15) is 0 Å². The van der Waals surface area contributed by atoms with Crippen molar-refractivity contribution in [1.82, 2.24) is 0 Å². The number of allylic oxidation sites excluding steroid dienone is 1. The number of hydrogen-bond acceptors (Lipinski definition) is 1. The van der Waals surface area contributed by atoms with Gasteiger partial charge in [-0.05, 0) is 41.2 Å². The van der Waals surface area contributed by atoms with Crippen molar-refractivity contribution in [3.8, 4) is 11.1 Å². The first-order valence-electron chi connectivity index (χ1n) is 6.32. The summed E-state index contributed by atoms with van der Waals surface area (Å²) < 4.78 is 0. The van der Waals surface area contributed by atoms with Crippen LogP contribution in [-0.4, -0.2) is 11.1 Å². The van der Waals surface area contributed by atoms with Gasteiger partial charge < -0.3 is 5.11 Å². The fourth-order valence-corrected chi connectivity index (χ4v) is 2.80. The van der Waals surface area contributed by atoms with Crippen LogP contribution in [0.5, 0.6) is 0 Å². The maximum absolute atomic E-state index is 11.3. The molecule has 0 radical (unpaired) electrons. The van der Waals surface area contributed by atoms with Crippen LogP contribution in [0.2, 0.25) is 0 Å². The van der Waals surface area contributed by atoms with Gasteiger partial charge in [0.15, 0.2) is 0 Å². The molecule has 2 heteroatoms. The molecule has 2 aromatic rings. The van der Waals surface area contributed by atoms with Gasteiger partial charge in [-0.25, -0.2) is 4.79 Å². The molecule has 0 bridgehead atoms. The third-order valence-electron chi connectivity index (χ3n) is 3.66. The fourth-order valence-electron chi connectivity index (χ4n) is 2.80. The van der Waals surface area contributed by atoms with Crippen molar-refractivity contribution in [1.29, 1.82) is 0 Å². The Balaban J connectivity index is 2.21. The summed E-state index contributed by atoms with van der Waals surface area (Å²) in [7, 11) is 0. The minimum atomic E-state index is -0.869. The number of carbonyl (C=O) groups is 1. The van der Waals surface area contributed by atoms with E-state index < -0.39 is 5.97 Å². The Morgan fingerprint density at radius 2 is 1.84 bits per heavy atom. The number of carboxylic acid groups (broad SMARTS) is 1. The fraction of sp³-hybridized carbons (Fsp3) is 0.118. The summed E-state index contributed by atoms with van der Waals surface area (Å²) in [4.78, 5) is 11.3. The Morgan fingerprint density at radius 1 is 1.11 bits per heavy atom. The summed E-state index contributed by atoms with van der Waals surface area (Å²) in [5, 5.41) is 9.31. The van der Waals surface area contributed by atoms with Crippen molar-refractivity contribution in [2.45, 2.75) is 13.3 Å². The molecule has 1 N–H and O–H groups in total. The van der Waals surface area contributed by atoms with Crippen molar-refractivity contribution in [3.05, 3.63) is 65.2 Å². The average Bonchev–Trinajstić information content (AvgIpc) is 2.79. The number of rotatable bonds is 2. The number of fused-ring (bicyclic) bond motifs is 3. The van der Waals surface area contributed by atoms with Gasteiger partial charge in [-0.1, -0.05) is 48.5 Å². The van der Waals surface area contributed by atoms with E-state index >= 15 is 0 Å². The zero-order valence-electron chi connectivity index (χ0n) is 10.7. The van der Waals surface area contributed by atoms with Crippen molar-refractivity contribution in [2.24, 2.45) is 0 Å². The van der Waals surface area contributed by atoms with Crippen molar-refractivity contribution in [2.75, 3.05) is 0 Å². The summed E-state index contributed by atoms with van der Waals surface area (Å²) >= 11 is 0. The van der Waals surface area contributed by atoms with Gasteiger partial charge in [-0.2, -0.15) is 0 Å². The van der Waals surface area contributed by atoms with Crippen LogP contribution < -0.4 is 0 Å². The van der Waals surface area contributed by atoms with Crippen LogP contribution in [0.4, 0.5) is 0 Å². The molecular weight excluding hydrogens is 236 g/mol. The van der Waals surface area contributed by atoms with Gasteiger partial charge in [0.25, 0.3) is 0 Å². The highest BCUT2D eigenvalue weighted by Gasteiger charge is 2.23. The van der Waals surface area contributed by atoms with Gasteiger partial charge in [0, 0.05) is 0 Å². The van der Waals surface area contributed by atoms with E-state index in [0.717, 1.165) is 23.1 Å². The van der Waals surface area contributed by atoms with E-state index in [1.54, 1.807) is 13.0 Å². The first kappa shape index (κ1) is 11.7. The van der Waals surface area contributed by atoms with Crippen LogP contribution in [0, 0.1) is 0 Å². The summed E-state index contributed by atoms with van der Waals surface area (Å²) in [5.41, 5.74) is 5.99. The van der Waals surface area contributed by atoms with E-state index in [4.69, 9.17) is 0 Å². The normalized spacial score (nSPS) is 13.0. The Hall–Kier alpha value is -2.35.